The van der Waals surface area contributed by atoms with Gasteiger partial charge in [-0.3, -0.25) is 0 Å². The van der Waals surface area contributed by atoms with E-state index >= 15 is 0 Å². The molecule has 0 saturated carbocycles. The number of aromatic nitrogens is 2. The van der Waals surface area contributed by atoms with Crippen LogP contribution in [0.3, 0.4) is 0 Å². The molecule has 2 N–H and O–H groups in total. The molecule has 1 aromatic rings. The van der Waals surface area contributed by atoms with E-state index in [2.05, 4.69) is 39.5 Å². The SMILES string of the molecule is CCNc1cc(NCCC2CCN(C)C2)ncn1. The lowest BCUT2D eigenvalue weighted by atomic mass is 10.1. The van der Waals surface area contributed by atoms with Crippen LogP contribution < -0.4 is 10.6 Å². The molecule has 0 aromatic carbocycles. The molecule has 5 nitrogen and oxygen atoms in total. The highest BCUT2D eigenvalue weighted by Crippen LogP contribution is 2.18. The van der Waals surface area contributed by atoms with Gasteiger partial charge in [0, 0.05) is 25.7 Å². The maximum Gasteiger partial charge on any atom is 0.131 e. The number of rotatable bonds is 6. The van der Waals surface area contributed by atoms with Gasteiger partial charge in [0.2, 0.25) is 0 Å². The molecule has 2 rings (SSSR count). The molecule has 100 valence electrons. The van der Waals surface area contributed by atoms with E-state index in [9.17, 15) is 0 Å². The summed E-state index contributed by atoms with van der Waals surface area (Å²) in [6, 6.07) is 1.96. The number of nitrogens with zero attached hydrogens (tertiary/aromatic N) is 3. The molecule has 2 heterocycles. The molecule has 0 bridgehead atoms. The highest BCUT2D eigenvalue weighted by molar-refractivity contribution is 5.46. The van der Waals surface area contributed by atoms with Crippen LogP contribution in [0.25, 0.3) is 0 Å². The van der Waals surface area contributed by atoms with Crippen molar-refractivity contribution in [3.8, 4) is 0 Å². The van der Waals surface area contributed by atoms with E-state index in [1.54, 1.807) is 6.33 Å². The summed E-state index contributed by atoms with van der Waals surface area (Å²) in [5, 5.41) is 6.56. The van der Waals surface area contributed by atoms with Crippen molar-refractivity contribution in [2.75, 3.05) is 43.9 Å². The number of likely N-dealkylation sites (tertiary alicyclic amines) is 1. The standard InChI is InChI=1S/C13H23N5/c1-3-14-12-8-13(17-10-16-12)15-6-4-11-5-7-18(2)9-11/h8,10-11H,3-7,9H2,1-2H3,(H2,14,15,16,17). The van der Waals surface area contributed by atoms with Gasteiger partial charge in [-0.05, 0) is 39.3 Å². The molecule has 1 fully saturated rings. The van der Waals surface area contributed by atoms with Gasteiger partial charge in [0.25, 0.3) is 0 Å². The predicted molar refractivity (Wildman–Crippen MR) is 74.9 cm³/mol. The number of nitrogens with one attached hydrogen (secondary N) is 2. The predicted octanol–water partition coefficient (Wildman–Crippen LogP) is 1.66. The summed E-state index contributed by atoms with van der Waals surface area (Å²) in [4.78, 5) is 10.8. The van der Waals surface area contributed by atoms with Crippen molar-refractivity contribution < 1.29 is 0 Å². The Kier molecular flexibility index (Phi) is 4.75. The summed E-state index contributed by atoms with van der Waals surface area (Å²) in [5.74, 6) is 2.63. The van der Waals surface area contributed by atoms with Crippen LogP contribution in [0.15, 0.2) is 12.4 Å². The Morgan fingerprint density at radius 2 is 2.11 bits per heavy atom. The van der Waals surface area contributed by atoms with Crippen molar-refractivity contribution in [2.24, 2.45) is 5.92 Å². The Balaban J connectivity index is 1.74. The first kappa shape index (κ1) is 13.1. The van der Waals surface area contributed by atoms with Crippen LogP contribution in [0, 0.1) is 5.92 Å². The third kappa shape index (κ3) is 3.84. The summed E-state index contributed by atoms with van der Waals surface area (Å²) in [7, 11) is 2.19. The second-order valence-electron chi connectivity index (χ2n) is 4.95. The monoisotopic (exact) mass is 249 g/mol. The van der Waals surface area contributed by atoms with Crippen LogP contribution in [0.4, 0.5) is 11.6 Å². The van der Waals surface area contributed by atoms with E-state index in [0.717, 1.165) is 30.6 Å². The summed E-state index contributed by atoms with van der Waals surface area (Å²) >= 11 is 0. The van der Waals surface area contributed by atoms with Crippen molar-refractivity contribution in [3.05, 3.63) is 12.4 Å². The summed E-state index contributed by atoms with van der Waals surface area (Å²) in [5.41, 5.74) is 0. The summed E-state index contributed by atoms with van der Waals surface area (Å²) in [6.45, 7) is 6.40. The normalized spacial score (nSPS) is 20.0. The average molecular weight is 249 g/mol. The second kappa shape index (κ2) is 6.54. The quantitative estimate of drug-likeness (QED) is 0.803. The van der Waals surface area contributed by atoms with Gasteiger partial charge in [-0.2, -0.15) is 0 Å². The lowest BCUT2D eigenvalue weighted by Crippen LogP contribution is -2.16. The minimum Gasteiger partial charge on any atom is -0.370 e. The molecule has 1 unspecified atom stereocenters. The minimum atomic E-state index is 0.831. The molecule has 1 aliphatic rings. The molecule has 0 radical (unpaired) electrons. The number of hydrogen-bond acceptors (Lipinski definition) is 5. The van der Waals surface area contributed by atoms with E-state index in [-0.39, 0.29) is 0 Å². The van der Waals surface area contributed by atoms with Gasteiger partial charge in [-0.1, -0.05) is 0 Å². The summed E-state index contributed by atoms with van der Waals surface area (Å²) in [6.07, 6.45) is 4.14. The van der Waals surface area contributed by atoms with E-state index < -0.39 is 0 Å². The molecule has 0 amide bonds. The van der Waals surface area contributed by atoms with Gasteiger partial charge in [-0.25, -0.2) is 9.97 Å². The van der Waals surface area contributed by atoms with Gasteiger partial charge in [0.15, 0.2) is 0 Å². The van der Waals surface area contributed by atoms with Crippen molar-refractivity contribution in [2.45, 2.75) is 19.8 Å². The maximum absolute atomic E-state index is 4.23. The Bertz CT molecular complexity index is 368. The fraction of sp³-hybridized carbons (Fsp3) is 0.692. The Morgan fingerprint density at radius 1 is 1.33 bits per heavy atom. The lowest BCUT2D eigenvalue weighted by molar-refractivity contribution is 0.390. The molecule has 1 aromatic heterocycles. The van der Waals surface area contributed by atoms with Crippen LogP contribution in [0.2, 0.25) is 0 Å². The first-order valence-electron chi connectivity index (χ1n) is 6.76. The van der Waals surface area contributed by atoms with Gasteiger partial charge in [-0.15, -0.1) is 0 Å². The molecule has 1 saturated heterocycles. The maximum atomic E-state index is 4.23. The molecule has 0 aliphatic carbocycles. The van der Waals surface area contributed by atoms with Crippen LogP contribution in [0.5, 0.6) is 0 Å². The van der Waals surface area contributed by atoms with E-state index in [0.29, 0.717) is 0 Å². The first-order chi connectivity index (χ1) is 8.78. The third-order valence-electron chi connectivity index (χ3n) is 3.37. The zero-order valence-electron chi connectivity index (χ0n) is 11.3. The van der Waals surface area contributed by atoms with E-state index in [1.807, 2.05) is 6.07 Å². The first-order valence-corrected chi connectivity index (χ1v) is 6.76. The van der Waals surface area contributed by atoms with Gasteiger partial charge < -0.3 is 15.5 Å². The fourth-order valence-corrected chi connectivity index (χ4v) is 2.40. The zero-order valence-corrected chi connectivity index (χ0v) is 11.3. The number of hydrogen-bond donors (Lipinski definition) is 2. The smallest absolute Gasteiger partial charge is 0.131 e. The van der Waals surface area contributed by atoms with Crippen molar-refractivity contribution in [1.82, 2.24) is 14.9 Å². The fourth-order valence-electron chi connectivity index (χ4n) is 2.40. The van der Waals surface area contributed by atoms with Crippen molar-refractivity contribution in [3.63, 3.8) is 0 Å². The highest BCUT2D eigenvalue weighted by atomic mass is 15.1. The van der Waals surface area contributed by atoms with E-state index in [1.165, 1.54) is 25.9 Å². The van der Waals surface area contributed by atoms with Crippen LogP contribution >= 0.6 is 0 Å². The van der Waals surface area contributed by atoms with Crippen molar-refractivity contribution in [1.29, 1.82) is 0 Å². The Morgan fingerprint density at radius 3 is 2.78 bits per heavy atom. The van der Waals surface area contributed by atoms with E-state index in [4.69, 9.17) is 0 Å². The molecule has 1 atom stereocenters. The third-order valence-corrected chi connectivity index (χ3v) is 3.37. The second-order valence-corrected chi connectivity index (χ2v) is 4.95. The lowest BCUT2D eigenvalue weighted by Gasteiger charge is -2.11. The van der Waals surface area contributed by atoms with Gasteiger partial charge in [0.1, 0.15) is 18.0 Å². The molecular formula is C13H23N5. The largest absolute Gasteiger partial charge is 0.370 e. The summed E-state index contributed by atoms with van der Waals surface area (Å²) < 4.78 is 0. The number of anilines is 2. The molecule has 18 heavy (non-hydrogen) atoms. The highest BCUT2D eigenvalue weighted by Gasteiger charge is 2.18. The van der Waals surface area contributed by atoms with Crippen LogP contribution in [0.1, 0.15) is 19.8 Å². The molecular weight excluding hydrogens is 226 g/mol. The van der Waals surface area contributed by atoms with Crippen LogP contribution in [-0.2, 0) is 0 Å². The van der Waals surface area contributed by atoms with Gasteiger partial charge >= 0.3 is 0 Å². The molecule has 0 spiro atoms. The van der Waals surface area contributed by atoms with Gasteiger partial charge in [0.05, 0.1) is 0 Å². The average Bonchev–Trinajstić information content (AvgIpc) is 2.76. The molecule has 1 aliphatic heterocycles. The Hall–Kier alpha value is -1.36. The zero-order chi connectivity index (χ0) is 12.8. The Labute approximate surface area is 109 Å². The van der Waals surface area contributed by atoms with Crippen LogP contribution in [-0.4, -0.2) is 48.1 Å². The topological polar surface area (TPSA) is 53.1 Å². The van der Waals surface area contributed by atoms with Crippen molar-refractivity contribution >= 4 is 11.6 Å². The minimum absolute atomic E-state index is 0.831. The molecule has 5 heteroatoms.